The van der Waals surface area contributed by atoms with E-state index >= 15 is 0 Å². The monoisotopic (exact) mass is 252 g/mol. The summed E-state index contributed by atoms with van der Waals surface area (Å²) in [7, 11) is 0. The van der Waals surface area contributed by atoms with Crippen molar-refractivity contribution >= 4 is 22.7 Å². The normalized spacial score (nSPS) is 10.8. The topological polar surface area (TPSA) is 24.9 Å². The van der Waals surface area contributed by atoms with Gasteiger partial charge >= 0.3 is 0 Å². The molecule has 2 aromatic rings. The number of aromatic nitrogens is 1. The molecule has 0 amide bonds. The average Bonchev–Trinajstić information content (AvgIpc) is 2.95. The van der Waals surface area contributed by atoms with Gasteiger partial charge in [-0.05, 0) is 24.3 Å². The molecule has 0 radical (unpaired) electrons. The predicted octanol–water partition coefficient (Wildman–Crippen LogP) is 3.10. The number of thiophene rings is 1. The Hall–Kier alpha value is -0.710. The first-order chi connectivity index (χ1) is 7.88. The molecule has 0 aliphatic heterocycles. The molecular weight excluding hydrogens is 236 g/mol. The molecule has 0 aliphatic carbocycles. The lowest BCUT2D eigenvalue weighted by molar-refractivity contribution is 0.696. The van der Waals surface area contributed by atoms with E-state index in [0.717, 1.165) is 25.9 Å². The van der Waals surface area contributed by atoms with E-state index in [4.69, 9.17) is 0 Å². The SMILES string of the molecule is CCc1ncc(CNCCc2cccs2)s1. The molecule has 0 saturated carbocycles. The third-order valence-corrected chi connectivity index (χ3v) is 4.41. The van der Waals surface area contributed by atoms with Crippen LogP contribution in [-0.2, 0) is 19.4 Å². The van der Waals surface area contributed by atoms with Crippen LogP contribution in [0.4, 0.5) is 0 Å². The van der Waals surface area contributed by atoms with E-state index in [1.54, 1.807) is 0 Å². The summed E-state index contributed by atoms with van der Waals surface area (Å²) >= 11 is 3.64. The summed E-state index contributed by atoms with van der Waals surface area (Å²) in [6, 6.07) is 4.30. The van der Waals surface area contributed by atoms with Gasteiger partial charge in [0.15, 0.2) is 0 Å². The fraction of sp³-hybridized carbons (Fsp3) is 0.417. The molecule has 0 atom stereocenters. The van der Waals surface area contributed by atoms with Gasteiger partial charge in [0, 0.05) is 29.0 Å². The molecule has 16 heavy (non-hydrogen) atoms. The molecule has 0 aliphatic rings. The largest absolute Gasteiger partial charge is 0.311 e. The quantitative estimate of drug-likeness (QED) is 0.799. The number of thiazole rings is 1. The molecule has 86 valence electrons. The highest BCUT2D eigenvalue weighted by Gasteiger charge is 1.99. The van der Waals surface area contributed by atoms with Crippen molar-refractivity contribution in [3.63, 3.8) is 0 Å². The summed E-state index contributed by atoms with van der Waals surface area (Å²) in [5.41, 5.74) is 0. The van der Waals surface area contributed by atoms with Crippen LogP contribution in [0.25, 0.3) is 0 Å². The Morgan fingerprint density at radius 2 is 2.31 bits per heavy atom. The Labute approximate surface area is 104 Å². The Morgan fingerprint density at radius 3 is 3.00 bits per heavy atom. The molecule has 0 bridgehead atoms. The van der Waals surface area contributed by atoms with Gasteiger partial charge in [-0.3, -0.25) is 0 Å². The lowest BCUT2D eigenvalue weighted by atomic mass is 10.3. The van der Waals surface area contributed by atoms with Crippen LogP contribution >= 0.6 is 22.7 Å². The standard InChI is InChI=1S/C12H16N2S2/c1-2-12-14-9-11(16-12)8-13-6-5-10-4-3-7-15-10/h3-4,7,9,13H,2,5-6,8H2,1H3. The molecule has 2 rings (SSSR count). The summed E-state index contributed by atoms with van der Waals surface area (Å²) < 4.78 is 0. The van der Waals surface area contributed by atoms with Gasteiger partial charge in [-0.1, -0.05) is 13.0 Å². The van der Waals surface area contributed by atoms with Gasteiger partial charge in [-0.2, -0.15) is 0 Å². The number of hydrogen-bond acceptors (Lipinski definition) is 4. The second-order valence-electron chi connectivity index (χ2n) is 3.58. The van der Waals surface area contributed by atoms with Crippen molar-refractivity contribution in [3.05, 3.63) is 38.5 Å². The first-order valence-electron chi connectivity index (χ1n) is 5.55. The summed E-state index contributed by atoms with van der Waals surface area (Å²) in [5.74, 6) is 0. The van der Waals surface area contributed by atoms with Crippen LogP contribution in [0.3, 0.4) is 0 Å². The van der Waals surface area contributed by atoms with Crippen molar-refractivity contribution in [2.45, 2.75) is 26.3 Å². The Kier molecular flexibility index (Phi) is 4.51. The molecule has 0 fully saturated rings. The average molecular weight is 252 g/mol. The third-order valence-electron chi connectivity index (χ3n) is 2.33. The van der Waals surface area contributed by atoms with Crippen LogP contribution < -0.4 is 5.32 Å². The molecule has 2 aromatic heterocycles. The highest BCUT2D eigenvalue weighted by molar-refractivity contribution is 7.11. The zero-order chi connectivity index (χ0) is 11.2. The molecule has 4 heteroatoms. The van der Waals surface area contributed by atoms with Gasteiger partial charge in [0.05, 0.1) is 5.01 Å². The van der Waals surface area contributed by atoms with Crippen molar-refractivity contribution in [1.29, 1.82) is 0 Å². The molecule has 1 N–H and O–H groups in total. The molecule has 0 saturated heterocycles. The van der Waals surface area contributed by atoms with Gasteiger partial charge in [-0.15, -0.1) is 22.7 Å². The summed E-state index contributed by atoms with van der Waals surface area (Å²) in [6.07, 6.45) is 4.15. The van der Waals surface area contributed by atoms with Crippen LogP contribution in [0.5, 0.6) is 0 Å². The number of hydrogen-bond donors (Lipinski definition) is 1. The fourth-order valence-corrected chi connectivity index (χ4v) is 3.01. The van der Waals surface area contributed by atoms with Gasteiger partial charge in [0.25, 0.3) is 0 Å². The minimum Gasteiger partial charge on any atom is -0.311 e. The minimum atomic E-state index is 0.947. The second kappa shape index (κ2) is 6.13. The van der Waals surface area contributed by atoms with Crippen molar-refractivity contribution < 1.29 is 0 Å². The van der Waals surface area contributed by atoms with Crippen molar-refractivity contribution in [2.24, 2.45) is 0 Å². The van der Waals surface area contributed by atoms with Crippen molar-refractivity contribution in [2.75, 3.05) is 6.54 Å². The minimum absolute atomic E-state index is 0.947. The zero-order valence-electron chi connectivity index (χ0n) is 9.40. The third kappa shape index (κ3) is 3.40. The second-order valence-corrected chi connectivity index (χ2v) is 5.81. The van der Waals surface area contributed by atoms with Crippen LogP contribution in [-0.4, -0.2) is 11.5 Å². The van der Waals surface area contributed by atoms with Gasteiger partial charge < -0.3 is 5.32 Å². The van der Waals surface area contributed by atoms with E-state index < -0.39 is 0 Å². The first-order valence-corrected chi connectivity index (χ1v) is 7.24. The van der Waals surface area contributed by atoms with Gasteiger partial charge in [-0.25, -0.2) is 4.98 Å². The summed E-state index contributed by atoms with van der Waals surface area (Å²) in [4.78, 5) is 7.13. The highest BCUT2D eigenvalue weighted by atomic mass is 32.1. The number of nitrogens with zero attached hydrogens (tertiary/aromatic N) is 1. The Bertz CT molecular complexity index is 406. The highest BCUT2D eigenvalue weighted by Crippen LogP contribution is 2.13. The van der Waals surface area contributed by atoms with Gasteiger partial charge in [0.2, 0.25) is 0 Å². The molecular formula is C12H16N2S2. The van der Waals surface area contributed by atoms with E-state index in [1.807, 2.05) is 28.9 Å². The van der Waals surface area contributed by atoms with Crippen LogP contribution in [0.15, 0.2) is 23.7 Å². The molecule has 0 spiro atoms. The van der Waals surface area contributed by atoms with Crippen molar-refractivity contribution in [1.82, 2.24) is 10.3 Å². The summed E-state index contributed by atoms with van der Waals surface area (Å²) in [6.45, 7) is 4.13. The smallest absolute Gasteiger partial charge is 0.0925 e. The van der Waals surface area contributed by atoms with Crippen LogP contribution in [0, 0.1) is 0 Å². The number of nitrogens with one attached hydrogen (secondary N) is 1. The van der Waals surface area contributed by atoms with E-state index in [1.165, 1.54) is 14.8 Å². The first kappa shape index (κ1) is 11.8. The van der Waals surface area contributed by atoms with Crippen molar-refractivity contribution in [3.8, 4) is 0 Å². The Morgan fingerprint density at radius 1 is 1.38 bits per heavy atom. The van der Waals surface area contributed by atoms with Gasteiger partial charge in [0.1, 0.15) is 0 Å². The lowest BCUT2D eigenvalue weighted by Gasteiger charge is -2.00. The molecule has 2 heterocycles. The Balaban J connectivity index is 1.68. The lowest BCUT2D eigenvalue weighted by Crippen LogP contribution is -2.15. The number of aryl methyl sites for hydroxylation is 1. The van der Waals surface area contributed by atoms with E-state index in [2.05, 4.69) is 34.7 Å². The molecule has 0 unspecified atom stereocenters. The molecule has 2 nitrogen and oxygen atoms in total. The predicted molar refractivity (Wildman–Crippen MR) is 71.2 cm³/mol. The zero-order valence-corrected chi connectivity index (χ0v) is 11.0. The van der Waals surface area contributed by atoms with Crippen LogP contribution in [0.1, 0.15) is 21.7 Å². The van der Waals surface area contributed by atoms with E-state index in [0.29, 0.717) is 0 Å². The van der Waals surface area contributed by atoms with E-state index in [9.17, 15) is 0 Å². The maximum absolute atomic E-state index is 4.34. The maximum Gasteiger partial charge on any atom is 0.0925 e. The van der Waals surface area contributed by atoms with Crippen LogP contribution in [0.2, 0.25) is 0 Å². The fourth-order valence-electron chi connectivity index (χ4n) is 1.47. The summed E-state index contributed by atoms with van der Waals surface area (Å²) in [5, 5.41) is 6.82. The number of rotatable bonds is 6. The van der Waals surface area contributed by atoms with E-state index in [-0.39, 0.29) is 0 Å². The molecule has 0 aromatic carbocycles. The maximum atomic E-state index is 4.34.